The van der Waals surface area contributed by atoms with Crippen molar-refractivity contribution in [1.82, 2.24) is 4.98 Å². The third-order valence-corrected chi connectivity index (χ3v) is 3.59. The van der Waals surface area contributed by atoms with Crippen LogP contribution in [0.3, 0.4) is 0 Å². The van der Waals surface area contributed by atoms with E-state index in [0.717, 1.165) is 11.1 Å². The lowest BCUT2D eigenvalue weighted by atomic mass is 10.0. The maximum absolute atomic E-state index is 9.87. The van der Waals surface area contributed by atoms with E-state index in [2.05, 4.69) is 43.1 Å². The van der Waals surface area contributed by atoms with Gasteiger partial charge < -0.3 is 5.11 Å². The van der Waals surface area contributed by atoms with Crippen molar-refractivity contribution in [2.24, 2.45) is 0 Å². The minimum atomic E-state index is 0.217. The van der Waals surface area contributed by atoms with Gasteiger partial charge in [0.1, 0.15) is 11.3 Å². The molecule has 0 aliphatic carbocycles. The first-order valence-electron chi connectivity index (χ1n) is 6.97. The van der Waals surface area contributed by atoms with Crippen LogP contribution in [0.25, 0.3) is 23.1 Å². The van der Waals surface area contributed by atoms with Crippen molar-refractivity contribution < 1.29 is 5.11 Å². The van der Waals surface area contributed by atoms with Crippen LogP contribution in [0.2, 0.25) is 0 Å². The first kappa shape index (κ1) is 13.4. The van der Waals surface area contributed by atoms with E-state index in [-0.39, 0.29) is 5.75 Å². The number of hydrogen-bond acceptors (Lipinski definition) is 2. The molecule has 21 heavy (non-hydrogen) atoms. The summed E-state index contributed by atoms with van der Waals surface area (Å²) in [5.74, 6) is 0.217. The van der Waals surface area contributed by atoms with Gasteiger partial charge in [-0.1, -0.05) is 48.0 Å². The Bertz CT molecular complexity index is 834. The number of phenols is 1. The van der Waals surface area contributed by atoms with E-state index in [1.54, 1.807) is 6.07 Å². The molecule has 0 aliphatic rings. The second-order valence-corrected chi connectivity index (χ2v) is 5.28. The van der Waals surface area contributed by atoms with Crippen LogP contribution in [-0.4, -0.2) is 10.1 Å². The summed E-state index contributed by atoms with van der Waals surface area (Å²) in [6.45, 7) is 4.18. The summed E-state index contributed by atoms with van der Waals surface area (Å²) in [6.07, 6.45) is 4.05. The molecule has 0 saturated carbocycles. The largest absolute Gasteiger partial charge is 0.506 e. The van der Waals surface area contributed by atoms with Gasteiger partial charge in [-0.25, -0.2) is 4.98 Å². The second-order valence-electron chi connectivity index (χ2n) is 5.28. The number of aryl methyl sites for hydroxylation is 2. The Kier molecular flexibility index (Phi) is 3.44. The molecule has 104 valence electrons. The second kappa shape index (κ2) is 5.41. The molecule has 1 N–H and O–H groups in total. The molecule has 2 heteroatoms. The number of pyridine rings is 1. The number of hydrogen-bond donors (Lipinski definition) is 1. The van der Waals surface area contributed by atoms with Gasteiger partial charge in [0.25, 0.3) is 0 Å². The Morgan fingerprint density at radius 2 is 1.81 bits per heavy atom. The van der Waals surface area contributed by atoms with Gasteiger partial charge in [-0.2, -0.15) is 0 Å². The van der Waals surface area contributed by atoms with Crippen LogP contribution in [0.15, 0.2) is 48.5 Å². The van der Waals surface area contributed by atoms with E-state index in [9.17, 15) is 5.11 Å². The maximum atomic E-state index is 9.87. The van der Waals surface area contributed by atoms with Gasteiger partial charge in [0.05, 0.1) is 5.69 Å². The molecule has 0 spiro atoms. The van der Waals surface area contributed by atoms with Crippen molar-refractivity contribution in [3.63, 3.8) is 0 Å². The first-order valence-corrected chi connectivity index (χ1v) is 6.97. The molecule has 0 fully saturated rings. The molecule has 1 aromatic heterocycles. The molecule has 0 radical (unpaired) electrons. The first-order chi connectivity index (χ1) is 10.1. The van der Waals surface area contributed by atoms with Crippen LogP contribution in [0.1, 0.15) is 22.4 Å². The number of phenolic OH excluding ortho intramolecular Hbond substituents is 1. The number of para-hydroxylation sites is 1. The summed E-state index contributed by atoms with van der Waals surface area (Å²) in [7, 11) is 0. The van der Waals surface area contributed by atoms with Crippen LogP contribution in [0.5, 0.6) is 5.75 Å². The Hall–Kier alpha value is -2.61. The summed E-state index contributed by atoms with van der Waals surface area (Å²) in [5, 5.41) is 10.8. The molecule has 0 atom stereocenters. The van der Waals surface area contributed by atoms with Gasteiger partial charge in [-0.05, 0) is 43.2 Å². The average Bonchev–Trinajstić information content (AvgIpc) is 2.49. The van der Waals surface area contributed by atoms with Crippen molar-refractivity contribution in [3.05, 3.63) is 70.9 Å². The topological polar surface area (TPSA) is 33.1 Å². The highest BCUT2D eigenvalue weighted by molar-refractivity contribution is 5.85. The number of benzene rings is 2. The minimum absolute atomic E-state index is 0.217. The number of aromatic hydroxyl groups is 1. The quantitative estimate of drug-likeness (QED) is 0.733. The van der Waals surface area contributed by atoms with Crippen LogP contribution in [0, 0.1) is 13.8 Å². The summed E-state index contributed by atoms with van der Waals surface area (Å²) in [5.41, 5.74) is 5.14. The zero-order valence-electron chi connectivity index (χ0n) is 12.2. The highest BCUT2D eigenvalue weighted by Gasteiger charge is 2.01. The van der Waals surface area contributed by atoms with Crippen molar-refractivity contribution in [2.45, 2.75) is 13.8 Å². The van der Waals surface area contributed by atoms with E-state index < -0.39 is 0 Å². The lowest BCUT2D eigenvalue weighted by molar-refractivity contribution is 0.480. The number of fused-ring (bicyclic) bond motifs is 1. The molecule has 0 aliphatic heterocycles. The molecule has 2 aromatic carbocycles. The molecule has 0 saturated heterocycles. The number of nitrogens with zero attached hydrogens (tertiary/aromatic N) is 1. The lowest BCUT2D eigenvalue weighted by Gasteiger charge is -2.03. The van der Waals surface area contributed by atoms with Crippen molar-refractivity contribution in [1.29, 1.82) is 0 Å². The fourth-order valence-electron chi connectivity index (χ4n) is 2.35. The molecule has 0 bridgehead atoms. The van der Waals surface area contributed by atoms with E-state index >= 15 is 0 Å². The monoisotopic (exact) mass is 275 g/mol. The van der Waals surface area contributed by atoms with Gasteiger partial charge in [-0.15, -0.1) is 0 Å². The fourth-order valence-corrected chi connectivity index (χ4v) is 2.35. The highest BCUT2D eigenvalue weighted by atomic mass is 16.3. The van der Waals surface area contributed by atoms with E-state index in [1.165, 1.54) is 16.7 Å². The molecule has 0 amide bonds. The summed E-state index contributed by atoms with van der Waals surface area (Å²) < 4.78 is 0. The summed E-state index contributed by atoms with van der Waals surface area (Å²) >= 11 is 0. The molecule has 3 rings (SSSR count). The van der Waals surface area contributed by atoms with Gasteiger partial charge in [0.2, 0.25) is 0 Å². The zero-order chi connectivity index (χ0) is 14.8. The molecular formula is C19H17NO. The van der Waals surface area contributed by atoms with Crippen molar-refractivity contribution in [2.75, 3.05) is 0 Å². The Morgan fingerprint density at radius 3 is 2.67 bits per heavy atom. The third-order valence-electron chi connectivity index (χ3n) is 3.59. The number of aromatic nitrogens is 1. The molecule has 1 heterocycles. The molecule has 0 unspecified atom stereocenters. The van der Waals surface area contributed by atoms with E-state index in [0.29, 0.717) is 5.52 Å². The fraction of sp³-hybridized carbons (Fsp3) is 0.105. The third kappa shape index (κ3) is 2.79. The maximum Gasteiger partial charge on any atom is 0.141 e. The molecule has 2 nitrogen and oxygen atoms in total. The Balaban J connectivity index is 1.99. The van der Waals surface area contributed by atoms with Crippen molar-refractivity contribution in [3.8, 4) is 5.75 Å². The summed E-state index contributed by atoms with van der Waals surface area (Å²) in [6, 6.07) is 15.8. The predicted octanol–water partition coefficient (Wildman–Crippen LogP) is 4.73. The highest BCUT2D eigenvalue weighted by Crippen LogP contribution is 2.23. The van der Waals surface area contributed by atoms with E-state index in [4.69, 9.17) is 0 Å². The standard InChI is InChI=1S/C19H17NO/c1-13-6-7-14(2)16(12-13)9-11-17-10-8-15-4-3-5-18(21)19(15)20-17/h3-12,21H,1-2H3/b11-9+. The predicted molar refractivity (Wildman–Crippen MR) is 88.3 cm³/mol. The van der Waals surface area contributed by atoms with Crippen LogP contribution in [-0.2, 0) is 0 Å². The van der Waals surface area contributed by atoms with Crippen molar-refractivity contribution >= 4 is 23.1 Å². The summed E-state index contributed by atoms with van der Waals surface area (Å²) in [4.78, 5) is 4.51. The van der Waals surface area contributed by atoms with Gasteiger partial charge in [0, 0.05) is 5.39 Å². The van der Waals surface area contributed by atoms with E-state index in [1.807, 2.05) is 30.3 Å². The van der Waals surface area contributed by atoms with Crippen LogP contribution in [0.4, 0.5) is 0 Å². The Morgan fingerprint density at radius 1 is 0.952 bits per heavy atom. The normalized spacial score (nSPS) is 11.3. The molecule has 3 aromatic rings. The SMILES string of the molecule is Cc1ccc(C)c(/C=C/c2ccc3cccc(O)c3n2)c1. The zero-order valence-corrected chi connectivity index (χ0v) is 12.2. The average molecular weight is 275 g/mol. The smallest absolute Gasteiger partial charge is 0.141 e. The van der Waals surface area contributed by atoms with Crippen LogP contribution < -0.4 is 0 Å². The Labute approximate surface area is 124 Å². The van der Waals surface area contributed by atoms with Gasteiger partial charge in [0.15, 0.2) is 0 Å². The van der Waals surface area contributed by atoms with Crippen LogP contribution >= 0.6 is 0 Å². The van der Waals surface area contributed by atoms with Gasteiger partial charge in [-0.3, -0.25) is 0 Å². The lowest BCUT2D eigenvalue weighted by Crippen LogP contribution is -1.85. The number of rotatable bonds is 2. The molecular weight excluding hydrogens is 258 g/mol. The van der Waals surface area contributed by atoms with Gasteiger partial charge >= 0.3 is 0 Å². The minimum Gasteiger partial charge on any atom is -0.506 e.